The van der Waals surface area contributed by atoms with Crippen molar-refractivity contribution in [2.75, 3.05) is 6.61 Å². The van der Waals surface area contributed by atoms with E-state index in [0.717, 1.165) is 25.3 Å². The van der Waals surface area contributed by atoms with E-state index in [1.165, 1.54) is 11.1 Å². The van der Waals surface area contributed by atoms with Crippen molar-refractivity contribution in [1.82, 2.24) is 0 Å². The average molecular weight is 201 g/mol. The number of ether oxygens (including phenoxy) is 1. The zero-order chi connectivity index (χ0) is 10.3. The highest BCUT2D eigenvalue weighted by atomic mass is 16.5. The molecule has 1 aliphatic heterocycles. The first-order valence-electron chi connectivity index (χ1n) is 5.65. The van der Waals surface area contributed by atoms with Crippen molar-refractivity contribution in [3.05, 3.63) is 35.4 Å². The molecule has 0 saturated carbocycles. The van der Waals surface area contributed by atoms with Crippen LogP contribution in [0.25, 0.3) is 0 Å². The van der Waals surface area contributed by atoms with Crippen LogP contribution in [0, 0.1) is 0 Å². The Morgan fingerprint density at radius 1 is 1.33 bits per heavy atom. The molecular weight excluding hydrogens is 186 g/mol. The van der Waals surface area contributed by atoms with Crippen molar-refractivity contribution >= 4 is 5.90 Å². The smallest absolute Gasteiger partial charge is 0.184 e. The lowest BCUT2D eigenvalue weighted by Crippen LogP contribution is -2.05. The highest BCUT2D eigenvalue weighted by Crippen LogP contribution is 2.41. The van der Waals surface area contributed by atoms with E-state index in [4.69, 9.17) is 4.74 Å². The minimum Gasteiger partial charge on any atom is -0.481 e. The van der Waals surface area contributed by atoms with E-state index in [2.05, 4.69) is 29.3 Å². The van der Waals surface area contributed by atoms with E-state index in [1.807, 2.05) is 6.92 Å². The Morgan fingerprint density at radius 2 is 2.20 bits per heavy atom. The minimum absolute atomic E-state index is 0.448. The molecule has 15 heavy (non-hydrogen) atoms. The van der Waals surface area contributed by atoms with Crippen LogP contribution in [-0.4, -0.2) is 18.5 Å². The SMILES string of the molecule is CCOC1=NC2Cc3ccccc3C2C1. The fourth-order valence-corrected chi connectivity index (χ4v) is 2.73. The summed E-state index contributed by atoms with van der Waals surface area (Å²) < 4.78 is 5.50. The summed E-state index contributed by atoms with van der Waals surface area (Å²) in [6.45, 7) is 2.75. The number of hydrogen-bond donors (Lipinski definition) is 0. The molecule has 0 radical (unpaired) electrons. The molecule has 3 rings (SSSR count). The summed E-state index contributed by atoms with van der Waals surface area (Å²) in [4.78, 5) is 4.65. The first-order chi connectivity index (χ1) is 7.38. The zero-order valence-corrected chi connectivity index (χ0v) is 8.94. The third kappa shape index (κ3) is 1.36. The number of benzene rings is 1. The Labute approximate surface area is 90.0 Å². The van der Waals surface area contributed by atoms with Crippen molar-refractivity contribution < 1.29 is 4.74 Å². The van der Waals surface area contributed by atoms with Gasteiger partial charge in [-0.2, -0.15) is 0 Å². The molecule has 2 unspecified atom stereocenters. The van der Waals surface area contributed by atoms with E-state index in [0.29, 0.717) is 12.0 Å². The summed E-state index contributed by atoms with van der Waals surface area (Å²) >= 11 is 0. The fraction of sp³-hybridized carbons (Fsp3) is 0.462. The van der Waals surface area contributed by atoms with Crippen molar-refractivity contribution in [3.63, 3.8) is 0 Å². The van der Waals surface area contributed by atoms with Gasteiger partial charge in [-0.05, 0) is 24.5 Å². The molecule has 2 nitrogen and oxygen atoms in total. The van der Waals surface area contributed by atoms with Crippen LogP contribution in [-0.2, 0) is 11.2 Å². The van der Waals surface area contributed by atoms with Gasteiger partial charge in [0.2, 0.25) is 0 Å². The normalized spacial score (nSPS) is 27.1. The Kier molecular flexibility index (Phi) is 2.01. The third-order valence-corrected chi connectivity index (χ3v) is 3.36. The summed E-state index contributed by atoms with van der Waals surface area (Å²) in [5.74, 6) is 1.55. The van der Waals surface area contributed by atoms with Crippen molar-refractivity contribution in [3.8, 4) is 0 Å². The molecule has 0 aromatic heterocycles. The van der Waals surface area contributed by atoms with Crippen LogP contribution in [0.15, 0.2) is 29.3 Å². The van der Waals surface area contributed by atoms with Crippen molar-refractivity contribution in [1.29, 1.82) is 0 Å². The molecule has 1 aromatic carbocycles. The van der Waals surface area contributed by atoms with E-state index in [1.54, 1.807) is 0 Å². The lowest BCUT2D eigenvalue weighted by atomic mass is 9.98. The van der Waals surface area contributed by atoms with Gasteiger partial charge < -0.3 is 4.74 Å². The predicted molar refractivity (Wildman–Crippen MR) is 60.4 cm³/mol. The average Bonchev–Trinajstić information content (AvgIpc) is 2.75. The summed E-state index contributed by atoms with van der Waals surface area (Å²) in [6, 6.07) is 9.16. The van der Waals surface area contributed by atoms with E-state index < -0.39 is 0 Å². The van der Waals surface area contributed by atoms with Crippen molar-refractivity contribution in [2.45, 2.75) is 31.7 Å². The second-order valence-corrected chi connectivity index (χ2v) is 4.24. The fourth-order valence-electron chi connectivity index (χ4n) is 2.73. The molecule has 0 spiro atoms. The topological polar surface area (TPSA) is 21.6 Å². The summed E-state index contributed by atoms with van der Waals surface area (Å²) in [5, 5.41) is 0. The Hall–Kier alpha value is -1.31. The maximum Gasteiger partial charge on any atom is 0.184 e. The third-order valence-electron chi connectivity index (χ3n) is 3.36. The number of fused-ring (bicyclic) bond motifs is 3. The predicted octanol–water partition coefficient (Wildman–Crippen LogP) is 2.53. The molecule has 2 aliphatic rings. The Morgan fingerprint density at radius 3 is 3.07 bits per heavy atom. The summed E-state index contributed by atoms with van der Waals surface area (Å²) in [7, 11) is 0. The van der Waals surface area contributed by atoms with Crippen LogP contribution in [0.2, 0.25) is 0 Å². The molecular formula is C13H15NO. The van der Waals surface area contributed by atoms with Gasteiger partial charge in [0.25, 0.3) is 0 Å². The number of nitrogens with zero attached hydrogens (tertiary/aromatic N) is 1. The Bertz CT molecular complexity index is 411. The Balaban J connectivity index is 1.87. The van der Waals surface area contributed by atoms with E-state index in [9.17, 15) is 0 Å². The molecule has 1 aromatic rings. The van der Waals surface area contributed by atoms with Gasteiger partial charge in [-0.1, -0.05) is 24.3 Å². The van der Waals surface area contributed by atoms with Gasteiger partial charge in [-0.15, -0.1) is 0 Å². The standard InChI is InChI=1S/C13H15NO/c1-2-15-13-8-11-10-6-4-3-5-9(10)7-12(11)14-13/h3-6,11-12H,2,7-8H2,1H3. The van der Waals surface area contributed by atoms with Crippen LogP contribution in [0.4, 0.5) is 0 Å². The lowest BCUT2D eigenvalue weighted by Gasteiger charge is -2.07. The van der Waals surface area contributed by atoms with Gasteiger partial charge in [0.15, 0.2) is 5.90 Å². The van der Waals surface area contributed by atoms with Crippen LogP contribution in [0.3, 0.4) is 0 Å². The van der Waals surface area contributed by atoms with Crippen molar-refractivity contribution in [2.24, 2.45) is 4.99 Å². The molecule has 0 N–H and O–H groups in total. The molecule has 0 saturated heterocycles. The first kappa shape index (κ1) is 8.96. The second kappa shape index (κ2) is 3.37. The van der Waals surface area contributed by atoms with Gasteiger partial charge in [-0.25, -0.2) is 0 Å². The molecule has 78 valence electrons. The van der Waals surface area contributed by atoms with Crippen LogP contribution in [0.1, 0.15) is 30.4 Å². The highest BCUT2D eigenvalue weighted by molar-refractivity contribution is 5.80. The maximum absolute atomic E-state index is 5.50. The van der Waals surface area contributed by atoms with Gasteiger partial charge >= 0.3 is 0 Å². The lowest BCUT2D eigenvalue weighted by molar-refractivity contribution is 0.320. The molecule has 0 fully saturated rings. The van der Waals surface area contributed by atoms with E-state index in [-0.39, 0.29) is 0 Å². The highest BCUT2D eigenvalue weighted by Gasteiger charge is 2.37. The molecule has 2 heteroatoms. The molecule has 2 atom stereocenters. The molecule has 1 aliphatic carbocycles. The summed E-state index contributed by atoms with van der Waals surface area (Å²) in [6.07, 6.45) is 2.09. The van der Waals surface area contributed by atoms with Gasteiger partial charge in [-0.3, -0.25) is 4.99 Å². The van der Waals surface area contributed by atoms with Gasteiger partial charge in [0.05, 0.1) is 12.6 Å². The zero-order valence-electron chi connectivity index (χ0n) is 8.94. The van der Waals surface area contributed by atoms with Gasteiger partial charge in [0, 0.05) is 12.3 Å². The molecule has 0 bridgehead atoms. The van der Waals surface area contributed by atoms with Crippen LogP contribution < -0.4 is 0 Å². The molecule has 0 amide bonds. The monoisotopic (exact) mass is 201 g/mol. The minimum atomic E-state index is 0.448. The maximum atomic E-state index is 5.50. The number of rotatable bonds is 1. The van der Waals surface area contributed by atoms with Crippen LogP contribution >= 0.6 is 0 Å². The van der Waals surface area contributed by atoms with E-state index >= 15 is 0 Å². The second-order valence-electron chi connectivity index (χ2n) is 4.24. The quantitative estimate of drug-likeness (QED) is 0.684. The van der Waals surface area contributed by atoms with Crippen LogP contribution in [0.5, 0.6) is 0 Å². The summed E-state index contributed by atoms with van der Waals surface area (Å²) in [5.41, 5.74) is 2.97. The largest absolute Gasteiger partial charge is 0.481 e. The van der Waals surface area contributed by atoms with Gasteiger partial charge in [0.1, 0.15) is 0 Å². The number of hydrogen-bond acceptors (Lipinski definition) is 2. The number of aliphatic imine (C=N–C) groups is 1. The first-order valence-corrected chi connectivity index (χ1v) is 5.65. The molecule has 1 heterocycles.